The minimum atomic E-state index is -0.992. The molecule has 1 aliphatic heterocycles. The van der Waals surface area contributed by atoms with Crippen molar-refractivity contribution < 1.29 is 23.8 Å². The molecule has 0 saturated carbocycles. The Bertz CT molecular complexity index is 620. The van der Waals surface area contributed by atoms with Crippen LogP contribution in [0.2, 0.25) is 0 Å². The first-order chi connectivity index (χ1) is 11.2. The number of carbonyl (C=O) groups excluding carboxylic acids is 1. The van der Waals surface area contributed by atoms with Crippen molar-refractivity contribution in [3.8, 4) is 0 Å². The van der Waals surface area contributed by atoms with Crippen molar-refractivity contribution in [1.82, 2.24) is 4.90 Å². The van der Waals surface area contributed by atoms with Crippen molar-refractivity contribution in [2.75, 3.05) is 31.1 Å². The zero-order valence-electron chi connectivity index (χ0n) is 14.2. The van der Waals surface area contributed by atoms with Crippen molar-refractivity contribution in [2.24, 2.45) is 0 Å². The quantitative estimate of drug-likeness (QED) is 0.917. The highest BCUT2D eigenvalue weighted by Crippen LogP contribution is 2.23. The third-order valence-corrected chi connectivity index (χ3v) is 3.64. The van der Waals surface area contributed by atoms with E-state index in [1.807, 2.05) is 25.7 Å². The van der Waals surface area contributed by atoms with Crippen LogP contribution in [0.1, 0.15) is 26.3 Å². The fourth-order valence-corrected chi connectivity index (χ4v) is 2.55. The molecule has 7 heteroatoms. The van der Waals surface area contributed by atoms with E-state index in [-0.39, 0.29) is 12.5 Å². The van der Waals surface area contributed by atoms with Crippen LogP contribution >= 0.6 is 0 Å². The highest BCUT2D eigenvalue weighted by Gasteiger charge is 2.26. The van der Waals surface area contributed by atoms with E-state index in [2.05, 4.69) is 0 Å². The number of carbonyl (C=O) groups is 2. The topological polar surface area (TPSA) is 70.1 Å². The zero-order valence-corrected chi connectivity index (χ0v) is 14.2. The van der Waals surface area contributed by atoms with Gasteiger partial charge >= 0.3 is 12.1 Å². The molecule has 2 rings (SSSR count). The van der Waals surface area contributed by atoms with Gasteiger partial charge in [0, 0.05) is 26.2 Å². The smallest absolute Gasteiger partial charge is 0.410 e. The molecule has 1 N–H and O–H groups in total. The summed E-state index contributed by atoms with van der Waals surface area (Å²) < 4.78 is 19.6. The number of carboxylic acid groups (broad SMARTS) is 1. The standard InChI is InChI=1S/C17H23FN2O4/c1-17(2,3)24-16(23)20-8-6-19(7-9-20)14-5-4-12(10-13(14)18)11-15(21)22/h4-5,10H,6-9,11H2,1-3H3,(H,21,22). The summed E-state index contributed by atoms with van der Waals surface area (Å²) in [5, 5.41) is 8.76. The van der Waals surface area contributed by atoms with E-state index in [9.17, 15) is 14.0 Å². The van der Waals surface area contributed by atoms with Crippen molar-refractivity contribution in [3.05, 3.63) is 29.6 Å². The third kappa shape index (κ3) is 4.84. The fraction of sp³-hybridized carbons (Fsp3) is 0.529. The normalized spacial score (nSPS) is 15.3. The number of ether oxygens (including phenoxy) is 1. The van der Waals surface area contributed by atoms with Crippen LogP contribution < -0.4 is 4.90 Å². The summed E-state index contributed by atoms with van der Waals surface area (Å²) in [6, 6.07) is 4.47. The van der Waals surface area contributed by atoms with Gasteiger partial charge in [-0.3, -0.25) is 4.79 Å². The Morgan fingerprint density at radius 2 is 1.83 bits per heavy atom. The molecule has 1 amide bonds. The Morgan fingerprint density at radius 3 is 2.33 bits per heavy atom. The fourth-order valence-electron chi connectivity index (χ4n) is 2.55. The maximum Gasteiger partial charge on any atom is 0.410 e. The molecule has 0 radical (unpaired) electrons. The van der Waals surface area contributed by atoms with Gasteiger partial charge in [0.2, 0.25) is 0 Å². The number of hydrogen-bond donors (Lipinski definition) is 1. The van der Waals surface area contributed by atoms with Crippen LogP contribution in [0.3, 0.4) is 0 Å². The molecule has 24 heavy (non-hydrogen) atoms. The molecule has 0 bridgehead atoms. The Kier molecular flexibility index (Phi) is 5.31. The minimum Gasteiger partial charge on any atom is -0.481 e. The number of amides is 1. The number of hydrogen-bond acceptors (Lipinski definition) is 4. The first-order valence-electron chi connectivity index (χ1n) is 7.89. The average molecular weight is 338 g/mol. The second-order valence-corrected chi connectivity index (χ2v) is 6.81. The molecule has 1 aromatic carbocycles. The summed E-state index contributed by atoms with van der Waals surface area (Å²) >= 11 is 0. The monoisotopic (exact) mass is 338 g/mol. The van der Waals surface area contributed by atoms with Crippen molar-refractivity contribution in [1.29, 1.82) is 0 Å². The highest BCUT2D eigenvalue weighted by atomic mass is 19.1. The Hall–Kier alpha value is -2.31. The largest absolute Gasteiger partial charge is 0.481 e. The van der Waals surface area contributed by atoms with Gasteiger partial charge in [-0.05, 0) is 38.5 Å². The van der Waals surface area contributed by atoms with Crippen molar-refractivity contribution >= 4 is 17.7 Å². The molecule has 0 unspecified atom stereocenters. The van der Waals surface area contributed by atoms with Gasteiger partial charge < -0.3 is 19.6 Å². The second-order valence-electron chi connectivity index (χ2n) is 6.81. The lowest BCUT2D eigenvalue weighted by molar-refractivity contribution is -0.136. The lowest BCUT2D eigenvalue weighted by Gasteiger charge is -2.36. The van der Waals surface area contributed by atoms with Crippen molar-refractivity contribution in [3.63, 3.8) is 0 Å². The molecule has 0 atom stereocenters. The van der Waals surface area contributed by atoms with E-state index >= 15 is 0 Å². The van der Waals surface area contributed by atoms with Crippen molar-refractivity contribution in [2.45, 2.75) is 32.8 Å². The summed E-state index contributed by atoms with van der Waals surface area (Å²) in [4.78, 5) is 26.2. The van der Waals surface area contributed by atoms with E-state index in [1.54, 1.807) is 17.0 Å². The average Bonchev–Trinajstić information content (AvgIpc) is 2.45. The van der Waals surface area contributed by atoms with E-state index in [0.717, 1.165) is 0 Å². The van der Waals surface area contributed by atoms with Crippen LogP contribution in [-0.2, 0) is 16.0 Å². The van der Waals surface area contributed by atoms with E-state index in [1.165, 1.54) is 6.07 Å². The van der Waals surface area contributed by atoms with Crippen LogP contribution in [-0.4, -0.2) is 53.8 Å². The third-order valence-electron chi connectivity index (χ3n) is 3.64. The number of carboxylic acids is 1. The van der Waals surface area contributed by atoms with Crippen LogP contribution in [0.15, 0.2) is 18.2 Å². The molecule has 0 aliphatic carbocycles. The molecule has 6 nitrogen and oxygen atoms in total. The first-order valence-corrected chi connectivity index (χ1v) is 7.89. The SMILES string of the molecule is CC(C)(C)OC(=O)N1CCN(c2ccc(CC(=O)O)cc2F)CC1. The Morgan fingerprint density at radius 1 is 1.21 bits per heavy atom. The van der Waals surface area contributed by atoms with Crippen LogP contribution in [0.5, 0.6) is 0 Å². The first kappa shape index (κ1) is 18.0. The summed E-state index contributed by atoms with van der Waals surface area (Å²) in [5.74, 6) is -1.44. The van der Waals surface area contributed by atoms with E-state index < -0.39 is 17.4 Å². The Balaban J connectivity index is 1.97. The van der Waals surface area contributed by atoms with Gasteiger partial charge in [-0.25, -0.2) is 9.18 Å². The molecule has 1 heterocycles. The van der Waals surface area contributed by atoms with Gasteiger partial charge in [0.15, 0.2) is 0 Å². The number of halogens is 1. The molecular weight excluding hydrogens is 315 g/mol. The lowest BCUT2D eigenvalue weighted by Crippen LogP contribution is -2.50. The molecule has 1 aliphatic rings. The van der Waals surface area contributed by atoms with Gasteiger partial charge in [-0.15, -0.1) is 0 Å². The maximum absolute atomic E-state index is 14.2. The summed E-state index contributed by atoms with van der Waals surface area (Å²) in [7, 11) is 0. The summed E-state index contributed by atoms with van der Waals surface area (Å²) in [6.45, 7) is 7.33. The highest BCUT2D eigenvalue weighted by molar-refractivity contribution is 5.71. The summed E-state index contributed by atoms with van der Waals surface area (Å²) in [6.07, 6.45) is -0.566. The number of anilines is 1. The summed E-state index contributed by atoms with van der Waals surface area (Å²) in [5.41, 5.74) is 0.310. The maximum atomic E-state index is 14.2. The number of aliphatic carboxylic acids is 1. The molecule has 0 aromatic heterocycles. The molecule has 132 valence electrons. The predicted molar refractivity (Wildman–Crippen MR) is 87.8 cm³/mol. The van der Waals surface area contributed by atoms with Gasteiger partial charge in [-0.1, -0.05) is 6.07 Å². The van der Waals surface area contributed by atoms with Gasteiger partial charge in [0.1, 0.15) is 11.4 Å². The molecule has 0 spiro atoms. The van der Waals surface area contributed by atoms with Gasteiger partial charge in [-0.2, -0.15) is 0 Å². The van der Waals surface area contributed by atoms with E-state index in [0.29, 0.717) is 37.4 Å². The van der Waals surface area contributed by atoms with Crippen LogP contribution in [0.25, 0.3) is 0 Å². The van der Waals surface area contributed by atoms with E-state index in [4.69, 9.17) is 9.84 Å². The minimum absolute atomic E-state index is 0.205. The number of piperazine rings is 1. The lowest BCUT2D eigenvalue weighted by atomic mass is 10.1. The van der Waals surface area contributed by atoms with Crippen LogP contribution in [0, 0.1) is 5.82 Å². The van der Waals surface area contributed by atoms with Crippen LogP contribution in [0.4, 0.5) is 14.9 Å². The molecule has 1 aromatic rings. The number of nitrogens with zero attached hydrogens (tertiary/aromatic N) is 2. The molecular formula is C17H23FN2O4. The Labute approximate surface area is 140 Å². The molecule has 1 fully saturated rings. The van der Waals surface area contributed by atoms with Gasteiger partial charge in [0.05, 0.1) is 12.1 Å². The predicted octanol–water partition coefficient (Wildman–Crippen LogP) is 2.51. The number of benzene rings is 1. The zero-order chi connectivity index (χ0) is 17.9. The van der Waals surface area contributed by atoms with Gasteiger partial charge in [0.25, 0.3) is 0 Å². The second kappa shape index (κ2) is 7.07. The molecule has 1 saturated heterocycles. The number of rotatable bonds is 3.